The normalized spacial score (nSPS) is 10.6. The van der Waals surface area contributed by atoms with Crippen molar-refractivity contribution in [1.29, 1.82) is 0 Å². The van der Waals surface area contributed by atoms with Gasteiger partial charge in [0, 0.05) is 25.2 Å². The van der Waals surface area contributed by atoms with Crippen molar-refractivity contribution >= 4 is 11.9 Å². The third-order valence-corrected chi connectivity index (χ3v) is 3.33. The molecule has 0 atom stereocenters. The minimum atomic E-state index is -0.599. The second-order valence-electron chi connectivity index (χ2n) is 5.11. The molecule has 10 nitrogen and oxygen atoms in total. The number of esters is 2. The molecule has 2 rings (SSSR count). The largest absolute Gasteiger partial charge is 0.461 e. The van der Waals surface area contributed by atoms with Gasteiger partial charge in [-0.3, -0.25) is 29.2 Å². The molecule has 0 aliphatic rings. The van der Waals surface area contributed by atoms with E-state index in [1.807, 2.05) is 0 Å². The van der Waals surface area contributed by atoms with Gasteiger partial charge in [-0.25, -0.2) is 9.59 Å². The van der Waals surface area contributed by atoms with Crippen molar-refractivity contribution in [2.75, 3.05) is 13.2 Å². The van der Waals surface area contributed by atoms with Gasteiger partial charge in [-0.05, 0) is 20.3 Å². The first kappa shape index (κ1) is 18.3. The standard InChI is InChI=1S/C15H20N4O6/c1-3-24-14(22)10-8-12(20)18(16-10)6-5-7-19-13(21)9-11(17-19)15(23)25-4-2/h8-9,16-17H,3-7H2,1-2H3. The molecule has 2 heterocycles. The maximum Gasteiger partial charge on any atom is 0.356 e. The van der Waals surface area contributed by atoms with E-state index in [0.717, 1.165) is 12.1 Å². The Bertz CT molecular complexity index is 786. The number of aromatic nitrogens is 4. The van der Waals surface area contributed by atoms with E-state index in [2.05, 4.69) is 10.2 Å². The lowest BCUT2D eigenvalue weighted by molar-refractivity contribution is 0.0509. The van der Waals surface area contributed by atoms with Gasteiger partial charge in [-0.15, -0.1) is 0 Å². The molecule has 0 amide bonds. The number of rotatable bonds is 8. The number of aromatic amines is 2. The van der Waals surface area contributed by atoms with Gasteiger partial charge < -0.3 is 9.47 Å². The number of hydrogen-bond donors (Lipinski definition) is 2. The molecular formula is C15H20N4O6. The van der Waals surface area contributed by atoms with Crippen LogP contribution in [0.5, 0.6) is 0 Å². The minimum Gasteiger partial charge on any atom is -0.461 e. The fraction of sp³-hybridized carbons (Fsp3) is 0.467. The molecule has 2 N–H and O–H groups in total. The molecule has 0 radical (unpaired) electrons. The first-order chi connectivity index (χ1) is 12.0. The minimum absolute atomic E-state index is 0.0773. The molecule has 0 saturated heterocycles. The summed E-state index contributed by atoms with van der Waals surface area (Å²) in [7, 11) is 0. The summed E-state index contributed by atoms with van der Waals surface area (Å²) in [6.07, 6.45) is 0.422. The zero-order chi connectivity index (χ0) is 18.4. The van der Waals surface area contributed by atoms with Crippen LogP contribution in [0.4, 0.5) is 0 Å². The summed E-state index contributed by atoms with van der Waals surface area (Å²) in [6, 6.07) is 2.33. The van der Waals surface area contributed by atoms with Gasteiger partial charge in [0.2, 0.25) is 0 Å². The average Bonchev–Trinajstić information content (AvgIpc) is 3.12. The molecular weight excluding hydrogens is 332 g/mol. The van der Waals surface area contributed by atoms with Crippen molar-refractivity contribution in [3.8, 4) is 0 Å². The summed E-state index contributed by atoms with van der Waals surface area (Å²) < 4.78 is 12.1. The lowest BCUT2D eigenvalue weighted by Gasteiger charge is -2.04. The topological polar surface area (TPSA) is 128 Å². The van der Waals surface area contributed by atoms with Crippen LogP contribution >= 0.6 is 0 Å². The highest BCUT2D eigenvalue weighted by Crippen LogP contribution is 1.98. The number of carbonyl (C=O) groups excluding carboxylic acids is 2. The monoisotopic (exact) mass is 352 g/mol. The zero-order valence-corrected chi connectivity index (χ0v) is 14.0. The van der Waals surface area contributed by atoms with E-state index in [1.54, 1.807) is 13.8 Å². The van der Waals surface area contributed by atoms with Crippen molar-refractivity contribution in [2.45, 2.75) is 33.4 Å². The van der Waals surface area contributed by atoms with Crippen LogP contribution in [0.1, 0.15) is 41.2 Å². The Kier molecular flexibility index (Phi) is 5.98. The van der Waals surface area contributed by atoms with Crippen LogP contribution in [0.15, 0.2) is 21.7 Å². The van der Waals surface area contributed by atoms with E-state index >= 15 is 0 Å². The quantitative estimate of drug-likeness (QED) is 0.649. The van der Waals surface area contributed by atoms with Gasteiger partial charge in [-0.1, -0.05) is 0 Å². The van der Waals surface area contributed by atoms with Gasteiger partial charge in [0.1, 0.15) is 11.4 Å². The Morgan fingerprint density at radius 1 is 0.880 bits per heavy atom. The van der Waals surface area contributed by atoms with Crippen LogP contribution in [0, 0.1) is 0 Å². The van der Waals surface area contributed by atoms with E-state index in [1.165, 1.54) is 9.36 Å². The van der Waals surface area contributed by atoms with Crippen molar-refractivity contribution < 1.29 is 19.1 Å². The lowest BCUT2D eigenvalue weighted by atomic mass is 10.4. The molecule has 0 aliphatic carbocycles. The number of hydrogen-bond acceptors (Lipinski definition) is 6. The summed E-state index contributed by atoms with van der Waals surface area (Å²) in [5, 5.41) is 5.33. The average molecular weight is 352 g/mol. The van der Waals surface area contributed by atoms with Crippen LogP contribution in [0.3, 0.4) is 0 Å². The van der Waals surface area contributed by atoms with Crippen LogP contribution in [0.25, 0.3) is 0 Å². The van der Waals surface area contributed by atoms with Crippen molar-refractivity contribution in [2.24, 2.45) is 0 Å². The number of nitrogens with zero attached hydrogens (tertiary/aromatic N) is 2. The van der Waals surface area contributed by atoms with E-state index in [4.69, 9.17) is 9.47 Å². The van der Waals surface area contributed by atoms with Gasteiger partial charge in [0.05, 0.1) is 13.2 Å². The first-order valence-corrected chi connectivity index (χ1v) is 7.90. The zero-order valence-electron chi connectivity index (χ0n) is 14.0. The number of H-pyrrole nitrogens is 2. The number of nitrogens with one attached hydrogen (secondary N) is 2. The van der Waals surface area contributed by atoms with Gasteiger partial charge in [-0.2, -0.15) is 0 Å². The van der Waals surface area contributed by atoms with Crippen LogP contribution in [-0.4, -0.2) is 44.7 Å². The van der Waals surface area contributed by atoms with Crippen molar-refractivity contribution in [1.82, 2.24) is 19.6 Å². The van der Waals surface area contributed by atoms with E-state index in [-0.39, 0.29) is 48.8 Å². The molecule has 0 aromatic carbocycles. The van der Waals surface area contributed by atoms with Gasteiger partial charge in [0.15, 0.2) is 0 Å². The summed E-state index contributed by atoms with van der Waals surface area (Å²) in [5.74, 6) is -1.20. The molecule has 0 aliphatic heterocycles. The molecule has 136 valence electrons. The number of ether oxygens (including phenoxy) is 2. The van der Waals surface area contributed by atoms with Crippen LogP contribution in [0.2, 0.25) is 0 Å². The Balaban J connectivity index is 1.97. The first-order valence-electron chi connectivity index (χ1n) is 7.90. The molecule has 0 bridgehead atoms. The maximum atomic E-state index is 11.8. The van der Waals surface area contributed by atoms with Gasteiger partial charge in [0.25, 0.3) is 11.1 Å². The third kappa shape index (κ3) is 4.49. The highest BCUT2D eigenvalue weighted by atomic mass is 16.5. The second-order valence-corrected chi connectivity index (χ2v) is 5.11. The molecule has 2 aromatic rings. The molecule has 0 fully saturated rings. The predicted molar refractivity (Wildman–Crippen MR) is 86.6 cm³/mol. The summed E-state index contributed by atoms with van der Waals surface area (Å²) in [5.41, 5.74) is -0.579. The van der Waals surface area contributed by atoms with E-state index < -0.39 is 11.9 Å². The van der Waals surface area contributed by atoms with Crippen molar-refractivity contribution in [3.05, 3.63) is 44.2 Å². The number of carbonyl (C=O) groups is 2. The molecule has 10 heteroatoms. The maximum absolute atomic E-state index is 11.8. The van der Waals surface area contributed by atoms with Crippen LogP contribution < -0.4 is 11.1 Å². The Labute approximate surface area is 142 Å². The second kappa shape index (κ2) is 8.18. The highest BCUT2D eigenvalue weighted by Gasteiger charge is 2.13. The fourth-order valence-electron chi connectivity index (χ4n) is 2.21. The molecule has 25 heavy (non-hydrogen) atoms. The van der Waals surface area contributed by atoms with E-state index in [0.29, 0.717) is 6.42 Å². The Morgan fingerprint density at radius 2 is 1.28 bits per heavy atom. The van der Waals surface area contributed by atoms with Crippen LogP contribution in [-0.2, 0) is 22.6 Å². The molecule has 0 saturated carbocycles. The molecule has 0 unspecified atom stereocenters. The smallest absolute Gasteiger partial charge is 0.356 e. The number of aryl methyl sites for hydroxylation is 2. The SMILES string of the molecule is CCOC(=O)c1cc(=O)n(CCCn2[nH]c(C(=O)OCC)cc2=O)[nH]1. The summed E-state index contributed by atoms with van der Waals surface area (Å²) >= 11 is 0. The van der Waals surface area contributed by atoms with E-state index in [9.17, 15) is 19.2 Å². The fourth-order valence-corrected chi connectivity index (χ4v) is 2.21. The summed E-state index contributed by atoms with van der Waals surface area (Å²) in [4.78, 5) is 46.8. The predicted octanol–water partition coefficient (Wildman–Crippen LogP) is 0.110. The highest BCUT2D eigenvalue weighted by molar-refractivity contribution is 5.87. The van der Waals surface area contributed by atoms with Gasteiger partial charge >= 0.3 is 11.9 Å². The third-order valence-electron chi connectivity index (χ3n) is 3.33. The lowest BCUT2D eigenvalue weighted by Crippen LogP contribution is -2.20. The Morgan fingerprint density at radius 3 is 1.64 bits per heavy atom. The summed E-state index contributed by atoms with van der Waals surface area (Å²) in [6.45, 7) is 4.29. The molecule has 0 spiro atoms. The van der Waals surface area contributed by atoms with Crippen molar-refractivity contribution in [3.63, 3.8) is 0 Å². The Hall–Kier alpha value is -3.04. The molecule has 2 aromatic heterocycles.